The van der Waals surface area contributed by atoms with Crippen LogP contribution in [0.4, 0.5) is 0 Å². The number of likely N-dealkylation sites (tertiary alicyclic amines) is 1. The molecule has 0 aromatic heterocycles. The van der Waals surface area contributed by atoms with Crippen LogP contribution in [0, 0.1) is 0 Å². The molecule has 1 amide bonds. The van der Waals surface area contributed by atoms with Crippen molar-refractivity contribution in [2.24, 2.45) is 0 Å². The first-order chi connectivity index (χ1) is 14.1. The highest BCUT2D eigenvalue weighted by atomic mass is 35.5. The molecule has 1 saturated heterocycles. The predicted molar refractivity (Wildman–Crippen MR) is 116 cm³/mol. The Morgan fingerprint density at radius 2 is 1.79 bits per heavy atom. The van der Waals surface area contributed by atoms with Crippen molar-refractivity contribution in [2.75, 3.05) is 27.3 Å². The van der Waals surface area contributed by atoms with Crippen molar-refractivity contribution in [3.05, 3.63) is 64.7 Å². The smallest absolute Gasteiger partial charge is 0.244 e. The van der Waals surface area contributed by atoms with Crippen molar-refractivity contribution < 1.29 is 19.2 Å². The van der Waals surface area contributed by atoms with Crippen LogP contribution in [0.2, 0.25) is 5.02 Å². The first-order valence-electron chi connectivity index (χ1n) is 9.86. The molecule has 1 aliphatic heterocycles. The second kappa shape index (κ2) is 10.3. The molecule has 2 aromatic rings. The maximum Gasteiger partial charge on any atom is 0.244 e. The Kier molecular flexibility index (Phi) is 7.55. The average molecular weight is 416 g/mol. The van der Waals surface area contributed by atoms with Gasteiger partial charge in [0.05, 0.1) is 27.3 Å². The van der Waals surface area contributed by atoms with E-state index in [-0.39, 0.29) is 11.9 Å². The molecule has 29 heavy (non-hydrogen) atoms. The summed E-state index contributed by atoms with van der Waals surface area (Å²) in [7, 11) is 3.20. The van der Waals surface area contributed by atoms with Crippen LogP contribution in [0.3, 0.4) is 0 Å². The lowest BCUT2D eigenvalue weighted by Gasteiger charge is -2.29. The third kappa shape index (κ3) is 6.24. The van der Waals surface area contributed by atoms with Crippen molar-refractivity contribution in [3.63, 3.8) is 0 Å². The zero-order valence-electron chi connectivity index (χ0n) is 16.9. The van der Waals surface area contributed by atoms with Crippen LogP contribution in [0.1, 0.15) is 24.0 Å². The lowest BCUT2D eigenvalue weighted by atomic mass is 10.0. The van der Waals surface area contributed by atoms with Crippen LogP contribution in [-0.4, -0.2) is 39.3 Å². The summed E-state index contributed by atoms with van der Waals surface area (Å²) >= 11 is 5.95. The number of carbonyl (C=O) groups is 1. The van der Waals surface area contributed by atoms with E-state index in [0.717, 1.165) is 43.1 Å². The summed E-state index contributed by atoms with van der Waals surface area (Å²) in [5, 5.41) is 3.89. The third-order valence-electron chi connectivity index (χ3n) is 5.24. The van der Waals surface area contributed by atoms with E-state index in [4.69, 9.17) is 21.1 Å². The van der Waals surface area contributed by atoms with Gasteiger partial charge >= 0.3 is 0 Å². The van der Waals surface area contributed by atoms with Gasteiger partial charge < -0.3 is 19.7 Å². The number of amides is 1. The number of benzene rings is 2. The average Bonchev–Trinajstić information content (AvgIpc) is 2.75. The standard InChI is InChI=1S/C23H27ClN2O3/c1-28-21-9-5-17(15-22(21)29-2)6-10-23(27)25-20-11-13-26(14-12-20)16-18-3-7-19(24)8-4-18/h3-10,15,20H,11-14,16H2,1-2H3,(H,25,27)/p+1/b10-6+. The Morgan fingerprint density at radius 1 is 1.10 bits per heavy atom. The SMILES string of the molecule is COc1ccc(/C=C/C(=O)NC2CC[NH+](Cc3ccc(Cl)cc3)CC2)cc1OC. The summed E-state index contributed by atoms with van der Waals surface area (Å²) in [5.41, 5.74) is 2.18. The Hall–Kier alpha value is -2.50. The topological polar surface area (TPSA) is 52.0 Å². The lowest BCUT2D eigenvalue weighted by molar-refractivity contribution is -0.918. The molecule has 0 radical (unpaired) electrons. The van der Waals surface area contributed by atoms with E-state index in [9.17, 15) is 4.79 Å². The predicted octanol–water partition coefficient (Wildman–Crippen LogP) is 2.73. The van der Waals surface area contributed by atoms with Gasteiger partial charge in [0.25, 0.3) is 0 Å². The number of carbonyl (C=O) groups excluding carboxylic acids is 1. The van der Waals surface area contributed by atoms with E-state index in [1.165, 1.54) is 5.56 Å². The van der Waals surface area contributed by atoms with Crippen LogP contribution < -0.4 is 19.7 Å². The van der Waals surface area contributed by atoms with Gasteiger partial charge in [0.2, 0.25) is 5.91 Å². The molecule has 0 unspecified atom stereocenters. The van der Waals surface area contributed by atoms with Gasteiger partial charge in [-0.2, -0.15) is 0 Å². The molecule has 6 heteroatoms. The first-order valence-corrected chi connectivity index (χ1v) is 10.2. The maximum absolute atomic E-state index is 12.3. The van der Waals surface area contributed by atoms with Crippen molar-refractivity contribution in [2.45, 2.75) is 25.4 Å². The minimum Gasteiger partial charge on any atom is -0.493 e. The van der Waals surface area contributed by atoms with Gasteiger partial charge in [-0.15, -0.1) is 0 Å². The number of halogens is 1. The van der Waals surface area contributed by atoms with Gasteiger partial charge in [0.1, 0.15) is 6.54 Å². The van der Waals surface area contributed by atoms with Crippen molar-refractivity contribution in [1.82, 2.24) is 5.32 Å². The van der Waals surface area contributed by atoms with Crippen LogP contribution in [0.5, 0.6) is 11.5 Å². The summed E-state index contributed by atoms with van der Waals surface area (Å²) in [6, 6.07) is 13.8. The maximum atomic E-state index is 12.3. The van der Waals surface area contributed by atoms with Gasteiger partial charge in [-0.05, 0) is 35.9 Å². The monoisotopic (exact) mass is 415 g/mol. The van der Waals surface area contributed by atoms with E-state index in [1.54, 1.807) is 31.3 Å². The second-order valence-electron chi connectivity index (χ2n) is 7.28. The minimum absolute atomic E-state index is 0.0639. The number of hydrogen-bond acceptors (Lipinski definition) is 3. The molecule has 0 aliphatic carbocycles. The number of hydrogen-bond donors (Lipinski definition) is 2. The van der Waals surface area contributed by atoms with E-state index in [0.29, 0.717) is 11.5 Å². The van der Waals surface area contributed by atoms with Gasteiger partial charge in [0.15, 0.2) is 11.5 Å². The summed E-state index contributed by atoms with van der Waals surface area (Å²) < 4.78 is 10.5. The van der Waals surface area contributed by atoms with Crippen LogP contribution in [0.15, 0.2) is 48.5 Å². The second-order valence-corrected chi connectivity index (χ2v) is 7.72. The molecule has 0 bridgehead atoms. The molecule has 1 heterocycles. The van der Waals surface area contributed by atoms with Crippen LogP contribution in [-0.2, 0) is 11.3 Å². The summed E-state index contributed by atoms with van der Waals surface area (Å²) in [4.78, 5) is 13.8. The number of nitrogens with one attached hydrogen (secondary N) is 2. The van der Waals surface area contributed by atoms with Gasteiger partial charge in [-0.1, -0.05) is 29.8 Å². The highest BCUT2D eigenvalue weighted by Gasteiger charge is 2.22. The van der Waals surface area contributed by atoms with Crippen molar-refractivity contribution in [1.29, 1.82) is 0 Å². The third-order valence-corrected chi connectivity index (χ3v) is 5.49. The highest BCUT2D eigenvalue weighted by molar-refractivity contribution is 6.30. The number of rotatable bonds is 7. The molecular weight excluding hydrogens is 388 g/mol. The highest BCUT2D eigenvalue weighted by Crippen LogP contribution is 2.27. The molecule has 2 aromatic carbocycles. The Balaban J connectivity index is 1.46. The molecular formula is C23H28ClN2O3+. The Labute approximate surface area is 177 Å². The molecule has 3 rings (SSSR count). The van der Waals surface area contributed by atoms with Gasteiger partial charge in [0, 0.05) is 35.5 Å². The number of quaternary nitrogens is 1. The molecule has 2 N–H and O–H groups in total. The molecule has 0 atom stereocenters. The lowest BCUT2D eigenvalue weighted by Crippen LogP contribution is -3.12. The number of ether oxygens (including phenoxy) is 2. The van der Waals surface area contributed by atoms with Crippen molar-refractivity contribution >= 4 is 23.6 Å². The van der Waals surface area contributed by atoms with E-state index >= 15 is 0 Å². The Bertz CT molecular complexity index is 844. The molecule has 0 spiro atoms. The fraction of sp³-hybridized carbons (Fsp3) is 0.348. The summed E-state index contributed by atoms with van der Waals surface area (Å²) in [6.45, 7) is 3.09. The van der Waals surface area contributed by atoms with Crippen LogP contribution >= 0.6 is 11.6 Å². The zero-order valence-corrected chi connectivity index (χ0v) is 17.7. The first kappa shape index (κ1) is 21.2. The fourth-order valence-electron chi connectivity index (χ4n) is 3.62. The Morgan fingerprint density at radius 3 is 2.45 bits per heavy atom. The fourth-order valence-corrected chi connectivity index (χ4v) is 3.74. The molecule has 1 fully saturated rings. The van der Waals surface area contributed by atoms with Crippen molar-refractivity contribution in [3.8, 4) is 11.5 Å². The van der Waals surface area contributed by atoms with Crippen LogP contribution in [0.25, 0.3) is 6.08 Å². The molecule has 1 aliphatic rings. The zero-order chi connectivity index (χ0) is 20.6. The van der Waals surface area contributed by atoms with E-state index in [1.807, 2.05) is 30.3 Å². The molecule has 154 valence electrons. The largest absolute Gasteiger partial charge is 0.493 e. The minimum atomic E-state index is -0.0639. The number of methoxy groups -OCH3 is 2. The van der Waals surface area contributed by atoms with E-state index in [2.05, 4.69) is 17.4 Å². The summed E-state index contributed by atoms with van der Waals surface area (Å²) in [6.07, 6.45) is 5.34. The van der Waals surface area contributed by atoms with E-state index < -0.39 is 0 Å². The summed E-state index contributed by atoms with van der Waals surface area (Å²) in [5.74, 6) is 1.25. The van der Waals surface area contributed by atoms with Gasteiger partial charge in [-0.25, -0.2) is 0 Å². The molecule has 0 saturated carbocycles. The van der Waals surface area contributed by atoms with Gasteiger partial charge in [-0.3, -0.25) is 4.79 Å². The molecule has 5 nitrogen and oxygen atoms in total. The normalized spacial score (nSPS) is 19.1. The number of piperidine rings is 1. The quantitative estimate of drug-likeness (QED) is 0.684.